The molecule has 1 aromatic heterocycles. The lowest BCUT2D eigenvalue weighted by atomic mass is 10.1. The Kier molecular flexibility index (Phi) is 4.87. The first-order chi connectivity index (χ1) is 8.45. The second-order valence-corrected chi connectivity index (χ2v) is 3.78. The molecule has 0 aliphatic rings. The third-order valence-corrected chi connectivity index (χ3v) is 2.33. The summed E-state index contributed by atoms with van der Waals surface area (Å²) in [6.45, 7) is 1.26. The third kappa shape index (κ3) is 3.57. The molecule has 0 aromatic carbocycles. The predicted molar refractivity (Wildman–Crippen MR) is 64.9 cm³/mol. The number of anilines is 1. The van der Waals surface area contributed by atoms with Crippen LogP contribution in [-0.2, 0) is 4.79 Å². The Morgan fingerprint density at radius 1 is 1.56 bits per heavy atom. The van der Waals surface area contributed by atoms with Crippen LogP contribution < -0.4 is 15.8 Å². The van der Waals surface area contributed by atoms with Gasteiger partial charge in [-0.3, -0.25) is 4.79 Å². The summed E-state index contributed by atoms with van der Waals surface area (Å²) in [5.41, 5.74) is 6.14. The van der Waals surface area contributed by atoms with Gasteiger partial charge in [-0.2, -0.15) is 0 Å². The minimum Gasteiger partial charge on any atom is -0.480 e. The Morgan fingerprint density at radius 2 is 2.22 bits per heavy atom. The quantitative estimate of drug-likeness (QED) is 0.547. The van der Waals surface area contributed by atoms with Gasteiger partial charge in [0.15, 0.2) is 0 Å². The van der Waals surface area contributed by atoms with Gasteiger partial charge < -0.3 is 26.0 Å². The normalized spacial score (nSPS) is 13.8. The molecule has 2 atom stereocenters. The summed E-state index contributed by atoms with van der Waals surface area (Å²) in [6.07, 6.45) is -2.39. The zero-order valence-electron chi connectivity index (χ0n) is 10.3. The molecule has 0 spiro atoms. The highest BCUT2D eigenvalue weighted by atomic mass is 16.5. The standard InChI is InChI=1S/C11H17N3O4/c1-6(15)13-5-9(16)10(17)8-4-3-7(12)11(14-8)18-2/h3-4,9-10,16-17H,5,12H2,1-2H3,(H,13,15). The number of nitrogen functional groups attached to an aromatic ring is 1. The average molecular weight is 255 g/mol. The summed E-state index contributed by atoms with van der Waals surface area (Å²) in [6, 6.07) is 3.01. The molecule has 2 unspecified atom stereocenters. The molecule has 1 amide bonds. The van der Waals surface area contributed by atoms with Crippen LogP contribution in [0.2, 0.25) is 0 Å². The van der Waals surface area contributed by atoms with Crippen LogP contribution >= 0.6 is 0 Å². The van der Waals surface area contributed by atoms with Gasteiger partial charge in [-0.05, 0) is 12.1 Å². The van der Waals surface area contributed by atoms with Gasteiger partial charge in [0.1, 0.15) is 12.2 Å². The highest BCUT2D eigenvalue weighted by molar-refractivity contribution is 5.72. The maximum Gasteiger partial charge on any atom is 0.237 e. The fraction of sp³-hybridized carbons (Fsp3) is 0.455. The van der Waals surface area contributed by atoms with Crippen LogP contribution in [0.5, 0.6) is 5.88 Å². The van der Waals surface area contributed by atoms with Crippen molar-refractivity contribution in [2.45, 2.75) is 19.1 Å². The number of methoxy groups -OCH3 is 1. The number of hydrogen-bond donors (Lipinski definition) is 4. The number of aliphatic hydroxyl groups excluding tert-OH is 2. The Labute approximate surface area is 105 Å². The molecule has 18 heavy (non-hydrogen) atoms. The largest absolute Gasteiger partial charge is 0.480 e. The molecule has 1 aromatic rings. The minimum absolute atomic E-state index is 0.0646. The van der Waals surface area contributed by atoms with Crippen molar-refractivity contribution < 1.29 is 19.7 Å². The first-order valence-electron chi connectivity index (χ1n) is 5.36. The van der Waals surface area contributed by atoms with E-state index >= 15 is 0 Å². The molecular formula is C11H17N3O4. The number of nitrogens with zero attached hydrogens (tertiary/aromatic N) is 1. The number of amides is 1. The summed E-state index contributed by atoms with van der Waals surface area (Å²) in [5.74, 6) is -0.109. The van der Waals surface area contributed by atoms with E-state index in [4.69, 9.17) is 10.5 Å². The van der Waals surface area contributed by atoms with Crippen molar-refractivity contribution >= 4 is 11.6 Å². The first kappa shape index (κ1) is 14.2. The SMILES string of the molecule is COc1nc(C(O)C(O)CNC(C)=O)ccc1N. The number of hydrogen-bond acceptors (Lipinski definition) is 6. The number of ether oxygens (including phenoxy) is 1. The highest BCUT2D eigenvalue weighted by Gasteiger charge is 2.20. The first-order valence-corrected chi connectivity index (χ1v) is 5.36. The number of aromatic nitrogens is 1. The number of carbonyl (C=O) groups is 1. The number of nitrogens with one attached hydrogen (secondary N) is 1. The fourth-order valence-electron chi connectivity index (χ4n) is 1.35. The van der Waals surface area contributed by atoms with E-state index in [1.807, 2.05) is 0 Å². The Morgan fingerprint density at radius 3 is 2.78 bits per heavy atom. The van der Waals surface area contributed by atoms with Gasteiger partial charge in [0, 0.05) is 13.5 Å². The van der Waals surface area contributed by atoms with E-state index in [1.54, 1.807) is 0 Å². The second kappa shape index (κ2) is 6.18. The Bertz CT molecular complexity index is 425. The topological polar surface area (TPSA) is 118 Å². The molecule has 7 nitrogen and oxygen atoms in total. The number of aliphatic hydroxyl groups is 2. The van der Waals surface area contributed by atoms with Gasteiger partial charge in [0.25, 0.3) is 0 Å². The lowest BCUT2D eigenvalue weighted by Gasteiger charge is -2.18. The summed E-state index contributed by atoms with van der Waals surface area (Å²) in [4.78, 5) is 14.7. The van der Waals surface area contributed by atoms with Crippen LogP contribution in [0.25, 0.3) is 0 Å². The molecule has 100 valence electrons. The summed E-state index contributed by atoms with van der Waals surface area (Å²) in [7, 11) is 1.41. The lowest BCUT2D eigenvalue weighted by Crippen LogP contribution is -2.34. The molecule has 5 N–H and O–H groups in total. The number of rotatable bonds is 5. The van der Waals surface area contributed by atoms with Gasteiger partial charge in [-0.25, -0.2) is 4.98 Å². The molecule has 0 saturated carbocycles. The molecule has 0 fully saturated rings. The molecule has 7 heteroatoms. The number of nitrogens with two attached hydrogens (primary N) is 1. The second-order valence-electron chi connectivity index (χ2n) is 3.78. The molecular weight excluding hydrogens is 238 g/mol. The molecule has 1 rings (SSSR count). The van der Waals surface area contributed by atoms with Crippen LogP contribution in [0.3, 0.4) is 0 Å². The van der Waals surface area contributed by atoms with Crippen molar-refractivity contribution in [3.05, 3.63) is 17.8 Å². The minimum atomic E-state index is -1.23. The smallest absolute Gasteiger partial charge is 0.237 e. The average Bonchev–Trinajstić information content (AvgIpc) is 2.35. The highest BCUT2D eigenvalue weighted by Crippen LogP contribution is 2.22. The van der Waals surface area contributed by atoms with E-state index in [2.05, 4.69) is 10.3 Å². The van der Waals surface area contributed by atoms with Crippen LogP contribution in [0, 0.1) is 0 Å². The van der Waals surface area contributed by atoms with Gasteiger partial charge in [0.2, 0.25) is 11.8 Å². The van der Waals surface area contributed by atoms with Crippen LogP contribution in [0.1, 0.15) is 18.7 Å². The van der Waals surface area contributed by atoms with E-state index in [-0.39, 0.29) is 24.0 Å². The maximum absolute atomic E-state index is 10.7. The number of pyridine rings is 1. The molecule has 0 saturated heterocycles. The van der Waals surface area contributed by atoms with Crippen molar-refractivity contribution in [3.63, 3.8) is 0 Å². The van der Waals surface area contributed by atoms with Gasteiger partial charge in [-0.1, -0.05) is 0 Å². The van der Waals surface area contributed by atoms with Crippen molar-refractivity contribution in [2.24, 2.45) is 0 Å². The summed E-state index contributed by atoms with van der Waals surface area (Å²) < 4.78 is 4.92. The van der Waals surface area contributed by atoms with Crippen LogP contribution in [0.4, 0.5) is 5.69 Å². The molecule has 0 aliphatic carbocycles. The Hall–Kier alpha value is -1.86. The Balaban J connectivity index is 2.76. The van der Waals surface area contributed by atoms with E-state index in [1.165, 1.54) is 26.2 Å². The summed E-state index contributed by atoms with van der Waals surface area (Å²) >= 11 is 0. The van der Waals surface area contributed by atoms with Crippen molar-refractivity contribution in [1.82, 2.24) is 10.3 Å². The van der Waals surface area contributed by atoms with E-state index in [0.29, 0.717) is 5.69 Å². The summed E-state index contributed by atoms with van der Waals surface area (Å²) in [5, 5.41) is 21.9. The van der Waals surface area contributed by atoms with E-state index in [0.717, 1.165) is 0 Å². The van der Waals surface area contributed by atoms with Crippen molar-refractivity contribution in [1.29, 1.82) is 0 Å². The van der Waals surface area contributed by atoms with E-state index in [9.17, 15) is 15.0 Å². The van der Waals surface area contributed by atoms with Gasteiger partial charge >= 0.3 is 0 Å². The molecule has 0 bridgehead atoms. The van der Waals surface area contributed by atoms with Crippen molar-refractivity contribution in [3.8, 4) is 5.88 Å². The van der Waals surface area contributed by atoms with Crippen LogP contribution in [-0.4, -0.2) is 40.9 Å². The van der Waals surface area contributed by atoms with E-state index < -0.39 is 12.2 Å². The molecule has 0 radical (unpaired) electrons. The zero-order chi connectivity index (χ0) is 13.7. The van der Waals surface area contributed by atoms with Crippen molar-refractivity contribution in [2.75, 3.05) is 19.4 Å². The number of carbonyl (C=O) groups excluding carboxylic acids is 1. The molecule has 0 aliphatic heterocycles. The maximum atomic E-state index is 10.7. The zero-order valence-corrected chi connectivity index (χ0v) is 10.3. The third-order valence-electron chi connectivity index (χ3n) is 2.33. The van der Waals surface area contributed by atoms with Crippen LogP contribution in [0.15, 0.2) is 12.1 Å². The van der Waals surface area contributed by atoms with Gasteiger partial charge in [0.05, 0.1) is 18.5 Å². The molecule has 1 heterocycles. The monoisotopic (exact) mass is 255 g/mol. The fourth-order valence-corrected chi connectivity index (χ4v) is 1.35. The van der Waals surface area contributed by atoms with Gasteiger partial charge in [-0.15, -0.1) is 0 Å². The predicted octanol–water partition coefficient (Wildman–Crippen LogP) is -0.797. The lowest BCUT2D eigenvalue weighted by molar-refractivity contribution is -0.119.